The molecule has 3 nitrogen and oxygen atoms in total. The molecule has 2 N–H and O–H groups in total. The molecule has 0 radical (unpaired) electrons. The van der Waals surface area contributed by atoms with Crippen LogP contribution in [0.5, 0.6) is 5.75 Å². The van der Waals surface area contributed by atoms with Crippen LogP contribution in [0.15, 0.2) is 48.5 Å². The van der Waals surface area contributed by atoms with Crippen molar-refractivity contribution in [2.24, 2.45) is 0 Å². The Hall–Kier alpha value is -2.29. The first-order valence-corrected chi connectivity index (χ1v) is 6.84. The first-order chi connectivity index (χ1) is 9.70. The van der Waals surface area contributed by atoms with Gasteiger partial charge in [0.2, 0.25) is 0 Å². The summed E-state index contributed by atoms with van der Waals surface area (Å²) in [5.41, 5.74) is 7.56. The molecule has 0 saturated heterocycles. The first-order valence-electron chi connectivity index (χ1n) is 6.84. The van der Waals surface area contributed by atoms with Crippen molar-refractivity contribution in [2.45, 2.75) is 19.8 Å². The second-order valence-electron chi connectivity index (χ2n) is 4.68. The molecule has 104 valence electrons. The lowest BCUT2D eigenvalue weighted by molar-refractivity contribution is 0.103. The highest BCUT2D eigenvalue weighted by Gasteiger charge is 2.08. The van der Waals surface area contributed by atoms with E-state index in [4.69, 9.17) is 10.5 Å². The van der Waals surface area contributed by atoms with Crippen molar-refractivity contribution in [3.63, 3.8) is 0 Å². The number of ether oxygens (including phenoxy) is 1. The second-order valence-corrected chi connectivity index (χ2v) is 4.68. The number of nitrogen functional groups attached to an aromatic ring is 1. The number of carbonyl (C=O) groups is 1. The minimum Gasteiger partial charge on any atom is -0.494 e. The fourth-order valence-electron chi connectivity index (χ4n) is 1.84. The number of benzene rings is 2. The highest BCUT2D eigenvalue weighted by molar-refractivity contribution is 6.09. The van der Waals surface area contributed by atoms with Gasteiger partial charge in [-0.15, -0.1) is 0 Å². The Morgan fingerprint density at radius 2 is 1.55 bits per heavy atom. The zero-order valence-electron chi connectivity index (χ0n) is 11.6. The molecule has 0 heterocycles. The van der Waals surface area contributed by atoms with E-state index in [0.717, 1.165) is 18.6 Å². The van der Waals surface area contributed by atoms with Crippen molar-refractivity contribution in [3.8, 4) is 5.75 Å². The Kier molecular flexibility index (Phi) is 4.77. The van der Waals surface area contributed by atoms with E-state index in [0.29, 0.717) is 23.4 Å². The summed E-state index contributed by atoms with van der Waals surface area (Å²) < 4.78 is 5.57. The lowest BCUT2D eigenvalue weighted by Gasteiger charge is -2.06. The monoisotopic (exact) mass is 269 g/mol. The molecular formula is C17H19NO2. The summed E-state index contributed by atoms with van der Waals surface area (Å²) in [4.78, 5) is 12.2. The topological polar surface area (TPSA) is 52.3 Å². The number of anilines is 1. The minimum absolute atomic E-state index is 0.00916. The van der Waals surface area contributed by atoms with Crippen molar-refractivity contribution in [3.05, 3.63) is 59.7 Å². The van der Waals surface area contributed by atoms with Gasteiger partial charge in [-0.25, -0.2) is 0 Å². The number of carbonyl (C=O) groups excluding carboxylic acids is 1. The maximum absolute atomic E-state index is 12.2. The predicted octanol–water partition coefficient (Wildman–Crippen LogP) is 3.68. The molecule has 0 aromatic heterocycles. The summed E-state index contributed by atoms with van der Waals surface area (Å²) in [6.07, 6.45) is 2.14. The SMILES string of the molecule is CCCCOc1ccc(C(=O)c2ccc(N)cc2)cc1. The molecule has 0 aliphatic heterocycles. The van der Waals surface area contributed by atoms with E-state index < -0.39 is 0 Å². The van der Waals surface area contributed by atoms with E-state index >= 15 is 0 Å². The van der Waals surface area contributed by atoms with E-state index in [9.17, 15) is 4.79 Å². The van der Waals surface area contributed by atoms with E-state index in [2.05, 4.69) is 6.92 Å². The third-order valence-corrected chi connectivity index (χ3v) is 3.06. The van der Waals surface area contributed by atoms with Gasteiger partial charge in [-0.2, -0.15) is 0 Å². The molecule has 0 aliphatic carbocycles. The molecule has 2 rings (SSSR count). The summed E-state index contributed by atoms with van der Waals surface area (Å²) in [5, 5.41) is 0. The summed E-state index contributed by atoms with van der Waals surface area (Å²) in [7, 11) is 0. The summed E-state index contributed by atoms with van der Waals surface area (Å²) in [6.45, 7) is 2.83. The fraction of sp³-hybridized carbons (Fsp3) is 0.235. The number of nitrogens with two attached hydrogens (primary N) is 1. The van der Waals surface area contributed by atoms with Gasteiger partial charge in [0, 0.05) is 16.8 Å². The number of ketones is 1. The van der Waals surface area contributed by atoms with Crippen LogP contribution in [0.2, 0.25) is 0 Å². The number of rotatable bonds is 6. The Morgan fingerprint density at radius 1 is 1.00 bits per heavy atom. The first kappa shape index (κ1) is 14.1. The molecule has 2 aromatic carbocycles. The molecule has 0 bridgehead atoms. The summed E-state index contributed by atoms with van der Waals surface area (Å²) in [5.74, 6) is 0.789. The number of unbranched alkanes of at least 4 members (excludes halogenated alkanes) is 1. The highest BCUT2D eigenvalue weighted by Crippen LogP contribution is 2.16. The number of hydrogen-bond donors (Lipinski definition) is 1. The average Bonchev–Trinajstić information content (AvgIpc) is 2.48. The van der Waals surface area contributed by atoms with Crippen LogP contribution in [0.1, 0.15) is 35.7 Å². The standard InChI is InChI=1S/C17H19NO2/c1-2-3-12-20-16-10-6-14(7-11-16)17(19)13-4-8-15(18)9-5-13/h4-11H,2-3,12,18H2,1H3. The molecule has 3 heteroatoms. The average molecular weight is 269 g/mol. The molecule has 0 saturated carbocycles. The second kappa shape index (κ2) is 6.75. The van der Waals surface area contributed by atoms with E-state index in [-0.39, 0.29) is 5.78 Å². The quantitative estimate of drug-likeness (QED) is 0.494. The Balaban J connectivity index is 2.05. The van der Waals surface area contributed by atoms with E-state index in [1.165, 1.54) is 0 Å². The van der Waals surface area contributed by atoms with Crippen molar-refractivity contribution < 1.29 is 9.53 Å². The minimum atomic E-state index is -0.00916. The molecule has 0 fully saturated rings. The van der Waals surface area contributed by atoms with Crippen LogP contribution >= 0.6 is 0 Å². The van der Waals surface area contributed by atoms with Gasteiger partial charge < -0.3 is 10.5 Å². The van der Waals surface area contributed by atoms with Gasteiger partial charge in [0.1, 0.15) is 5.75 Å². The third kappa shape index (κ3) is 3.60. The maximum atomic E-state index is 12.2. The van der Waals surface area contributed by atoms with Gasteiger partial charge in [-0.1, -0.05) is 13.3 Å². The van der Waals surface area contributed by atoms with Gasteiger partial charge in [0.15, 0.2) is 5.78 Å². The lowest BCUT2D eigenvalue weighted by Crippen LogP contribution is -2.02. The zero-order valence-corrected chi connectivity index (χ0v) is 11.6. The third-order valence-electron chi connectivity index (χ3n) is 3.06. The van der Waals surface area contributed by atoms with Crippen molar-refractivity contribution in [1.82, 2.24) is 0 Å². The normalized spacial score (nSPS) is 10.2. The largest absolute Gasteiger partial charge is 0.494 e. The van der Waals surface area contributed by atoms with Crippen molar-refractivity contribution in [2.75, 3.05) is 12.3 Å². The summed E-state index contributed by atoms with van der Waals surface area (Å²) >= 11 is 0. The van der Waals surface area contributed by atoms with E-state index in [1.807, 2.05) is 12.1 Å². The Labute approximate surface area is 119 Å². The summed E-state index contributed by atoms with van der Waals surface area (Å²) in [6, 6.07) is 14.2. The Bertz CT molecular complexity index is 559. The van der Waals surface area contributed by atoms with Crippen LogP contribution < -0.4 is 10.5 Å². The van der Waals surface area contributed by atoms with Crippen LogP contribution in [0.25, 0.3) is 0 Å². The molecule has 0 amide bonds. The predicted molar refractivity (Wildman–Crippen MR) is 81.1 cm³/mol. The van der Waals surface area contributed by atoms with Gasteiger partial charge >= 0.3 is 0 Å². The van der Waals surface area contributed by atoms with Crippen LogP contribution in [-0.2, 0) is 0 Å². The fourth-order valence-corrected chi connectivity index (χ4v) is 1.84. The molecule has 0 spiro atoms. The van der Waals surface area contributed by atoms with Crippen LogP contribution in [0.4, 0.5) is 5.69 Å². The van der Waals surface area contributed by atoms with E-state index in [1.54, 1.807) is 36.4 Å². The molecular weight excluding hydrogens is 250 g/mol. The van der Waals surface area contributed by atoms with Crippen LogP contribution in [0.3, 0.4) is 0 Å². The van der Waals surface area contributed by atoms with Gasteiger partial charge in [-0.05, 0) is 55.0 Å². The molecule has 0 unspecified atom stereocenters. The Morgan fingerprint density at radius 3 is 2.10 bits per heavy atom. The highest BCUT2D eigenvalue weighted by atomic mass is 16.5. The van der Waals surface area contributed by atoms with Crippen molar-refractivity contribution >= 4 is 11.5 Å². The van der Waals surface area contributed by atoms with Gasteiger partial charge in [0.05, 0.1) is 6.61 Å². The molecule has 0 atom stereocenters. The number of hydrogen-bond acceptors (Lipinski definition) is 3. The zero-order chi connectivity index (χ0) is 14.4. The smallest absolute Gasteiger partial charge is 0.193 e. The van der Waals surface area contributed by atoms with Gasteiger partial charge in [-0.3, -0.25) is 4.79 Å². The van der Waals surface area contributed by atoms with Crippen molar-refractivity contribution in [1.29, 1.82) is 0 Å². The maximum Gasteiger partial charge on any atom is 0.193 e. The molecule has 0 aliphatic rings. The lowest BCUT2D eigenvalue weighted by atomic mass is 10.0. The van der Waals surface area contributed by atoms with Gasteiger partial charge in [0.25, 0.3) is 0 Å². The molecule has 2 aromatic rings. The molecule has 20 heavy (non-hydrogen) atoms. The van der Waals surface area contributed by atoms with Crippen LogP contribution in [-0.4, -0.2) is 12.4 Å². The van der Waals surface area contributed by atoms with Crippen LogP contribution in [0, 0.1) is 0 Å².